The van der Waals surface area contributed by atoms with Crippen LogP contribution in [0.3, 0.4) is 0 Å². The third-order valence-electron chi connectivity index (χ3n) is 7.86. The van der Waals surface area contributed by atoms with Crippen LogP contribution in [0.2, 0.25) is 5.02 Å². The van der Waals surface area contributed by atoms with Crippen LogP contribution in [0.5, 0.6) is 0 Å². The maximum absolute atomic E-state index is 13.4. The third kappa shape index (κ3) is 6.41. The number of nitrogens with zero attached hydrogens (tertiary/aromatic N) is 3. The number of hydrogen-bond acceptors (Lipinski definition) is 8. The number of halogens is 1. The number of amides is 3. The Morgan fingerprint density at radius 3 is 2.73 bits per heavy atom. The van der Waals surface area contributed by atoms with Gasteiger partial charge in [-0.2, -0.15) is 0 Å². The van der Waals surface area contributed by atoms with Gasteiger partial charge in [-0.3, -0.25) is 19.3 Å². The molecule has 1 saturated heterocycles. The van der Waals surface area contributed by atoms with Crippen molar-refractivity contribution in [2.24, 2.45) is 0 Å². The summed E-state index contributed by atoms with van der Waals surface area (Å²) < 4.78 is 5.03. The summed E-state index contributed by atoms with van der Waals surface area (Å²) in [7, 11) is 1.46. The molecule has 1 fully saturated rings. The summed E-state index contributed by atoms with van der Waals surface area (Å²) in [5.74, 6) is -0.835. The predicted molar refractivity (Wildman–Crippen MR) is 156 cm³/mol. The summed E-state index contributed by atoms with van der Waals surface area (Å²) in [6.45, 7) is 5.97. The second kappa shape index (κ2) is 12.1. The van der Waals surface area contributed by atoms with Crippen molar-refractivity contribution in [2.75, 3.05) is 40.0 Å². The number of rotatable bonds is 8. The Morgan fingerprint density at radius 1 is 1.20 bits per heavy atom. The SMILES string of the molecule is COCC(=O)N1CCC(NC(=O)c2cc3cc(Cl)ccc3[nH]2)C(NC(=O)c2nc3c(s2)CN(C(C)(C)CO)CC3)C1. The summed E-state index contributed by atoms with van der Waals surface area (Å²) in [5.41, 5.74) is 1.70. The van der Waals surface area contributed by atoms with E-state index in [1.165, 1.54) is 18.4 Å². The third-order valence-corrected chi connectivity index (χ3v) is 9.18. The van der Waals surface area contributed by atoms with Crippen molar-refractivity contribution in [3.05, 3.63) is 50.6 Å². The molecule has 4 heterocycles. The summed E-state index contributed by atoms with van der Waals surface area (Å²) in [4.78, 5) is 51.9. The van der Waals surface area contributed by atoms with Crippen LogP contribution in [-0.2, 0) is 22.5 Å². The second-order valence-corrected chi connectivity index (χ2v) is 12.7. The van der Waals surface area contributed by atoms with Crippen LogP contribution in [0.4, 0.5) is 0 Å². The Hall–Kier alpha value is -3.03. The molecule has 0 radical (unpaired) electrons. The number of aromatic amines is 1. The van der Waals surface area contributed by atoms with Gasteiger partial charge >= 0.3 is 0 Å². The quantitative estimate of drug-likeness (QED) is 0.310. The lowest BCUT2D eigenvalue weighted by atomic mass is 9.98. The highest BCUT2D eigenvalue weighted by Crippen LogP contribution is 2.29. The maximum Gasteiger partial charge on any atom is 0.280 e. The second-order valence-electron chi connectivity index (χ2n) is 11.2. The molecule has 0 bridgehead atoms. The van der Waals surface area contributed by atoms with Crippen LogP contribution >= 0.6 is 22.9 Å². The Morgan fingerprint density at radius 2 is 1.98 bits per heavy atom. The summed E-state index contributed by atoms with van der Waals surface area (Å²) in [5, 5.41) is 17.6. The highest BCUT2D eigenvalue weighted by molar-refractivity contribution is 7.13. The smallest absolute Gasteiger partial charge is 0.280 e. The van der Waals surface area contributed by atoms with E-state index in [4.69, 9.17) is 16.3 Å². The van der Waals surface area contributed by atoms with E-state index in [0.29, 0.717) is 41.7 Å². The van der Waals surface area contributed by atoms with E-state index in [1.54, 1.807) is 23.1 Å². The van der Waals surface area contributed by atoms with Crippen molar-refractivity contribution < 1.29 is 24.2 Å². The molecule has 0 spiro atoms. The van der Waals surface area contributed by atoms with Gasteiger partial charge in [-0.1, -0.05) is 11.6 Å². The molecular formula is C28H35ClN6O5S. The molecule has 2 atom stereocenters. The minimum Gasteiger partial charge on any atom is -0.394 e. The molecule has 1 aromatic carbocycles. The molecule has 2 aromatic heterocycles. The van der Waals surface area contributed by atoms with Crippen molar-refractivity contribution in [3.63, 3.8) is 0 Å². The topological polar surface area (TPSA) is 140 Å². The number of nitrogens with one attached hydrogen (secondary N) is 3. The minimum absolute atomic E-state index is 0.0355. The Balaban J connectivity index is 1.32. The number of likely N-dealkylation sites (tertiary alicyclic amines) is 1. The molecule has 13 heteroatoms. The van der Waals surface area contributed by atoms with E-state index in [9.17, 15) is 19.5 Å². The molecule has 0 aliphatic carbocycles. The van der Waals surface area contributed by atoms with Gasteiger partial charge in [0.15, 0.2) is 5.01 Å². The molecule has 3 amide bonds. The zero-order chi connectivity index (χ0) is 29.3. The van der Waals surface area contributed by atoms with Gasteiger partial charge in [-0.15, -0.1) is 11.3 Å². The van der Waals surface area contributed by atoms with Gasteiger partial charge in [-0.05, 0) is 44.5 Å². The highest BCUT2D eigenvalue weighted by atomic mass is 35.5. The lowest BCUT2D eigenvalue weighted by Crippen LogP contribution is -2.61. The Bertz CT molecular complexity index is 1450. The van der Waals surface area contributed by atoms with E-state index < -0.39 is 12.1 Å². The number of methoxy groups -OCH3 is 1. The molecule has 41 heavy (non-hydrogen) atoms. The van der Waals surface area contributed by atoms with E-state index in [2.05, 4.69) is 25.5 Å². The van der Waals surface area contributed by atoms with Crippen LogP contribution in [-0.4, -0.2) is 100 Å². The van der Waals surface area contributed by atoms with Gasteiger partial charge in [0.2, 0.25) is 5.91 Å². The van der Waals surface area contributed by atoms with Gasteiger partial charge in [0.1, 0.15) is 12.3 Å². The number of fused-ring (bicyclic) bond motifs is 2. The van der Waals surface area contributed by atoms with Crippen LogP contribution < -0.4 is 10.6 Å². The Labute approximate surface area is 247 Å². The number of H-pyrrole nitrogens is 1. The van der Waals surface area contributed by atoms with Crippen LogP contribution in [0.1, 0.15) is 51.1 Å². The van der Waals surface area contributed by atoms with Crippen LogP contribution in [0.15, 0.2) is 24.3 Å². The van der Waals surface area contributed by atoms with Gasteiger partial charge in [0, 0.05) is 66.1 Å². The molecule has 3 aromatic rings. The monoisotopic (exact) mass is 602 g/mol. The van der Waals surface area contributed by atoms with E-state index in [1.807, 2.05) is 19.9 Å². The first-order valence-electron chi connectivity index (χ1n) is 13.6. The number of carbonyl (C=O) groups is 3. The normalized spacial score (nSPS) is 19.7. The first kappa shape index (κ1) is 29.5. The van der Waals surface area contributed by atoms with E-state index in [-0.39, 0.29) is 43.0 Å². The fraction of sp³-hybridized carbons (Fsp3) is 0.500. The predicted octanol–water partition coefficient (Wildman–Crippen LogP) is 2.18. The number of benzene rings is 1. The maximum atomic E-state index is 13.4. The lowest BCUT2D eigenvalue weighted by Gasteiger charge is -2.39. The average Bonchev–Trinajstić information content (AvgIpc) is 3.58. The molecule has 0 saturated carbocycles. The number of piperidine rings is 1. The fourth-order valence-electron chi connectivity index (χ4n) is 5.32. The summed E-state index contributed by atoms with van der Waals surface area (Å²) in [6.07, 6.45) is 1.15. The van der Waals surface area contributed by atoms with Crippen LogP contribution in [0, 0.1) is 0 Å². The minimum atomic E-state index is -0.537. The van der Waals surface area contributed by atoms with Crippen LogP contribution in [0.25, 0.3) is 10.9 Å². The van der Waals surface area contributed by atoms with Crippen molar-refractivity contribution in [3.8, 4) is 0 Å². The first-order chi connectivity index (χ1) is 19.6. The largest absolute Gasteiger partial charge is 0.394 e. The van der Waals surface area contributed by atoms with Crippen molar-refractivity contribution in [2.45, 2.75) is 50.9 Å². The fourth-order valence-corrected chi connectivity index (χ4v) is 6.53. The van der Waals surface area contributed by atoms with Gasteiger partial charge in [-0.25, -0.2) is 4.98 Å². The average molecular weight is 603 g/mol. The molecular weight excluding hydrogens is 568 g/mol. The molecule has 220 valence electrons. The van der Waals surface area contributed by atoms with E-state index in [0.717, 1.165) is 28.0 Å². The number of aliphatic hydroxyl groups excluding tert-OH is 1. The molecule has 4 N–H and O–H groups in total. The molecule has 2 aliphatic rings. The summed E-state index contributed by atoms with van der Waals surface area (Å²) in [6, 6.07) is 6.14. The number of aromatic nitrogens is 2. The lowest BCUT2D eigenvalue weighted by molar-refractivity contribution is -0.136. The Kier molecular flexibility index (Phi) is 8.67. The number of carbonyl (C=O) groups excluding carboxylic acids is 3. The number of thiazole rings is 1. The number of ether oxygens (including phenoxy) is 1. The van der Waals surface area contributed by atoms with Gasteiger partial charge in [0.05, 0.1) is 24.4 Å². The number of hydrogen-bond donors (Lipinski definition) is 4. The molecule has 11 nitrogen and oxygen atoms in total. The van der Waals surface area contributed by atoms with Crippen molar-refractivity contribution in [1.29, 1.82) is 0 Å². The molecule has 2 unspecified atom stereocenters. The zero-order valence-corrected chi connectivity index (χ0v) is 24.9. The van der Waals surface area contributed by atoms with E-state index >= 15 is 0 Å². The molecule has 5 rings (SSSR count). The van der Waals surface area contributed by atoms with Crippen molar-refractivity contribution in [1.82, 2.24) is 30.4 Å². The van der Waals surface area contributed by atoms with Gasteiger partial charge in [0.25, 0.3) is 11.8 Å². The van der Waals surface area contributed by atoms with Crippen molar-refractivity contribution >= 4 is 51.6 Å². The standard InChI is InChI=1S/C28H35ClN6O5S/c1-28(2,15-36)35-9-7-20-23(13-35)41-27(33-20)26(39)32-22-12-34(24(37)14-40-3)8-6-19(22)31-25(38)21-11-16-10-17(29)4-5-18(16)30-21/h4-5,10-11,19,22,30,36H,6-9,12-15H2,1-3H3,(H,31,38)(H,32,39). The highest BCUT2D eigenvalue weighted by Gasteiger charge is 2.36. The van der Waals surface area contributed by atoms with Gasteiger partial charge < -0.3 is 30.4 Å². The number of aliphatic hydroxyl groups is 1. The first-order valence-corrected chi connectivity index (χ1v) is 14.8. The molecule has 2 aliphatic heterocycles. The summed E-state index contributed by atoms with van der Waals surface area (Å²) >= 11 is 7.44. The zero-order valence-electron chi connectivity index (χ0n) is 23.3.